The van der Waals surface area contributed by atoms with E-state index >= 15 is 0 Å². The van der Waals surface area contributed by atoms with Crippen molar-refractivity contribution in [3.8, 4) is 6.07 Å². The van der Waals surface area contributed by atoms with E-state index < -0.39 is 5.54 Å². The van der Waals surface area contributed by atoms with Crippen LogP contribution < -0.4 is 5.32 Å². The number of nitrogens with zero attached hydrogens (tertiary/aromatic N) is 2. The van der Waals surface area contributed by atoms with Crippen molar-refractivity contribution in [2.45, 2.75) is 31.3 Å². The van der Waals surface area contributed by atoms with Crippen molar-refractivity contribution in [3.63, 3.8) is 0 Å². The molecule has 0 bridgehead atoms. The van der Waals surface area contributed by atoms with Gasteiger partial charge in [0, 0.05) is 12.6 Å². The fraction of sp³-hybridized carbons (Fsp3) is 0.562. The van der Waals surface area contributed by atoms with Crippen molar-refractivity contribution in [1.29, 1.82) is 5.26 Å². The highest BCUT2D eigenvalue weighted by Gasteiger charge is 2.36. The van der Waals surface area contributed by atoms with E-state index in [1.54, 1.807) is 0 Å². The largest absolute Gasteiger partial charge is 0.300 e. The first kappa shape index (κ1) is 14.0. The van der Waals surface area contributed by atoms with E-state index in [1.165, 1.54) is 12.8 Å². The molecule has 0 aliphatic heterocycles. The predicted molar refractivity (Wildman–Crippen MR) is 77.6 cm³/mol. The van der Waals surface area contributed by atoms with Gasteiger partial charge >= 0.3 is 0 Å². The zero-order chi connectivity index (χ0) is 13.9. The van der Waals surface area contributed by atoms with Gasteiger partial charge in [0.05, 0.1) is 6.07 Å². The Balaban J connectivity index is 2.18. The number of nitriles is 1. The highest BCUT2D eigenvalue weighted by molar-refractivity contribution is 5.32. The smallest absolute Gasteiger partial charge is 0.144 e. The molecule has 0 radical (unpaired) electrons. The first-order valence-corrected chi connectivity index (χ1v) is 6.99. The molecule has 0 heterocycles. The average Bonchev–Trinajstić information content (AvgIpc) is 3.29. The molecule has 0 saturated heterocycles. The van der Waals surface area contributed by atoms with Gasteiger partial charge in [-0.05, 0) is 45.3 Å². The van der Waals surface area contributed by atoms with Gasteiger partial charge in [-0.2, -0.15) is 5.26 Å². The quantitative estimate of drug-likeness (QED) is 0.850. The highest BCUT2D eigenvalue weighted by atomic mass is 15.2. The number of rotatable bonds is 6. The zero-order valence-corrected chi connectivity index (χ0v) is 12.1. The third-order valence-electron chi connectivity index (χ3n) is 4.37. The monoisotopic (exact) mass is 257 g/mol. The third-order valence-corrected chi connectivity index (χ3v) is 4.37. The minimum absolute atomic E-state index is 0.546. The molecule has 2 rings (SSSR count). The maximum absolute atomic E-state index is 9.68. The summed E-state index contributed by atoms with van der Waals surface area (Å²) in [7, 11) is 3.99. The van der Waals surface area contributed by atoms with Gasteiger partial charge in [-0.25, -0.2) is 0 Å². The predicted octanol–water partition coefficient (Wildman–Crippen LogP) is 2.36. The van der Waals surface area contributed by atoms with Gasteiger partial charge < -0.3 is 4.90 Å². The van der Waals surface area contributed by atoms with Crippen LogP contribution in [0.2, 0.25) is 0 Å². The van der Waals surface area contributed by atoms with Crippen molar-refractivity contribution in [3.05, 3.63) is 35.9 Å². The summed E-state index contributed by atoms with van der Waals surface area (Å²) in [5, 5.41) is 12.9. The molecule has 0 spiro atoms. The molecule has 0 amide bonds. The minimum Gasteiger partial charge on any atom is -0.300 e. The van der Waals surface area contributed by atoms with Crippen LogP contribution in [-0.2, 0) is 5.54 Å². The Kier molecular flexibility index (Phi) is 4.24. The van der Waals surface area contributed by atoms with Crippen LogP contribution in [0.1, 0.15) is 25.3 Å². The summed E-state index contributed by atoms with van der Waals surface area (Å²) < 4.78 is 0. The van der Waals surface area contributed by atoms with Gasteiger partial charge in [-0.1, -0.05) is 30.3 Å². The molecule has 19 heavy (non-hydrogen) atoms. The van der Waals surface area contributed by atoms with Gasteiger partial charge in [-0.15, -0.1) is 0 Å². The molecule has 1 N–H and O–H groups in total. The lowest BCUT2D eigenvalue weighted by atomic mass is 9.90. The summed E-state index contributed by atoms with van der Waals surface area (Å²) in [4.78, 5) is 2.31. The summed E-state index contributed by atoms with van der Waals surface area (Å²) in [6, 6.07) is 13.0. The van der Waals surface area contributed by atoms with Crippen LogP contribution in [0.25, 0.3) is 0 Å². The second-order valence-electron chi connectivity index (χ2n) is 5.63. The van der Waals surface area contributed by atoms with Crippen molar-refractivity contribution in [1.82, 2.24) is 10.2 Å². The van der Waals surface area contributed by atoms with Gasteiger partial charge in [0.15, 0.2) is 0 Å². The fourth-order valence-electron chi connectivity index (χ4n) is 2.65. The van der Waals surface area contributed by atoms with Crippen molar-refractivity contribution < 1.29 is 0 Å². The second kappa shape index (κ2) is 5.73. The van der Waals surface area contributed by atoms with E-state index in [1.807, 2.05) is 37.4 Å². The minimum atomic E-state index is -0.626. The lowest BCUT2D eigenvalue weighted by Crippen LogP contribution is -2.50. The van der Waals surface area contributed by atoms with E-state index in [2.05, 4.69) is 30.3 Å². The van der Waals surface area contributed by atoms with Crippen LogP contribution in [-0.4, -0.2) is 31.6 Å². The van der Waals surface area contributed by atoms with Crippen LogP contribution in [0.4, 0.5) is 0 Å². The molecule has 102 valence electrons. The number of nitrogens with one attached hydrogen (secondary N) is 1. The molecule has 3 heteroatoms. The molecule has 1 aliphatic rings. The van der Waals surface area contributed by atoms with Crippen LogP contribution in [0, 0.1) is 17.2 Å². The number of hydrogen-bond acceptors (Lipinski definition) is 3. The Morgan fingerprint density at radius 3 is 2.53 bits per heavy atom. The molecule has 2 atom stereocenters. The fourth-order valence-corrected chi connectivity index (χ4v) is 2.65. The molecule has 3 nitrogen and oxygen atoms in total. The Bertz CT molecular complexity index is 447. The van der Waals surface area contributed by atoms with Gasteiger partial charge in [-0.3, -0.25) is 5.32 Å². The van der Waals surface area contributed by atoms with Crippen LogP contribution in [0.3, 0.4) is 0 Å². The summed E-state index contributed by atoms with van der Waals surface area (Å²) in [6.45, 7) is 2.97. The normalized spacial score (nSPS) is 19.7. The van der Waals surface area contributed by atoms with Gasteiger partial charge in [0.1, 0.15) is 5.54 Å². The van der Waals surface area contributed by atoms with Crippen LogP contribution in [0.5, 0.6) is 0 Å². The lowest BCUT2D eigenvalue weighted by Gasteiger charge is -2.34. The zero-order valence-electron chi connectivity index (χ0n) is 12.1. The van der Waals surface area contributed by atoms with Crippen LogP contribution >= 0.6 is 0 Å². The van der Waals surface area contributed by atoms with Crippen molar-refractivity contribution >= 4 is 0 Å². The summed E-state index contributed by atoms with van der Waals surface area (Å²) in [5.41, 5.74) is 0.411. The third kappa shape index (κ3) is 2.97. The first-order valence-electron chi connectivity index (χ1n) is 6.99. The number of likely N-dealkylation sites (N-methyl/N-ethyl adjacent to an activating group) is 2. The SMILES string of the molecule is CNC(C#N)(CN(C)C(C)C1CC1)c1ccccc1. The molecular weight excluding hydrogens is 234 g/mol. The molecule has 1 aromatic rings. The standard InChI is InChI=1S/C16H23N3/c1-13(14-9-10-14)19(3)12-16(11-17,18-2)15-7-5-4-6-8-15/h4-8,13-14,18H,9-10,12H2,1-3H3. The lowest BCUT2D eigenvalue weighted by molar-refractivity contribution is 0.189. The second-order valence-corrected chi connectivity index (χ2v) is 5.63. The van der Waals surface area contributed by atoms with Crippen LogP contribution in [0.15, 0.2) is 30.3 Å². The maximum Gasteiger partial charge on any atom is 0.144 e. The van der Waals surface area contributed by atoms with Crippen molar-refractivity contribution in [2.75, 3.05) is 20.6 Å². The Labute approximate surface area is 116 Å². The molecule has 1 aromatic carbocycles. The molecule has 1 saturated carbocycles. The van der Waals surface area contributed by atoms with E-state index in [-0.39, 0.29) is 0 Å². The summed E-state index contributed by atoms with van der Waals surface area (Å²) in [5.74, 6) is 0.814. The Morgan fingerprint density at radius 1 is 1.42 bits per heavy atom. The highest BCUT2D eigenvalue weighted by Crippen LogP contribution is 2.35. The van der Waals surface area contributed by atoms with Gasteiger partial charge in [0.2, 0.25) is 0 Å². The van der Waals surface area contributed by atoms with E-state index in [0.29, 0.717) is 12.6 Å². The number of benzene rings is 1. The van der Waals surface area contributed by atoms with E-state index in [9.17, 15) is 5.26 Å². The Morgan fingerprint density at radius 2 is 2.05 bits per heavy atom. The maximum atomic E-state index is 9.68. The first-order chi connectivity index (χ1) is 9.13. The topological polar surface area (TPSA) is 39.1 Å². The molecule has 1 aliphatic carbocycles. The average molecular weight is 257 g/mol. The Hall–Kier alpha value is -1.37. The summed E-state index contributed by atoms with van der Waals surface area (Å²) >= 11 is 0. The molecule has 1 fully saturated rings. The van der Waals surface area contributed by atoms with Crippen molar-refractivity contribution in [2.24, 2.45) is 5.92 Å². The summed E-state index contributed by atoms with van der Waals surface area (Å²) in [6.07, 6.45) is 2.66. The molecular formula is C16H23N3. The van der Waals surface area contributed by atoms with E-state index in [4.69, 9.17) is 0 Å². The van der Waals surface area contributed by atoms with E-state index in [0.717, 1.165) is 11.5 Å². The molecule has 2 unspecified atom stereocenters. The number of hydrogen-bond donors (Lipinski definition) is 1. The van der Waals surface area contributed by atoms with Gasteiger partial charge in [0.25, 0.3) is 0 Å². The molecule has 0 aromatic heterocycles.